The minimum Gasteiger partial charge on any atom is -0.321 e. The van der Waals surface area contributed by atoms with Crippen molar-refractivity contribution in [2.75, 3.05) is 5.32 Å². The molecule has 0 aliphatic rings. The van der Waals surface area contributed by atoms with Crippen molar-refractivity contribution >= 4 is 22.9 Å². The second-order valence-corrected chi connectivity index (χ2v) is 4.77. The van der Waals surface area contributed by atoms with Crippen molar-refractivity contribution in [1.82, 2.24) is 4.98 Å². The number of carbonyl (C=O) groups is 1. The Bertz CT molecular complexity index is 546. The first-order chi connectivity index (χ1) is 8.20. The third-order valence-electron chi connectivity index (χ3n) is 2.33. The summed E-state index contributed by atoms with van der Waals surface area (Å²) in [6.07, 6.45) is 4.78. The van der Waals surface area contributed by atoms with Gasteiger partial charge in [0.1, 0.15) is 0 Å². The molecule has 0 aliphatic heterocycles. The first-order valence-corrected chi connectivity index (χ1v) is 5.96. The number of amides is 1. The van der Waals surface area contributed by atoms with Crippen LogP contribution in [-0.2, 0) is 4.79 Å². The third kappa shape index (κ3) is 2.60. The van der Waals surface area contributed by atoms with Crippen LogP contribution >= 0.6 is 11.3 Å². The Labute approximate surface area is 104 Å². The van der Waals surface area contributed by atoms with Gasteiger partial charge in [-0.25, -0.2) is 0 Å². The molecule has 0 unspecified atom stereocenters. The van der Waals surface area contributed by atoms with Gasteiger partial charge in [-0.05, 0) is 36.8 Å². The van der Waals surface area contributed by atoms with Gasteiger partial charge in [0.05, 0.1) is 5.69 Å². The number of nitrogens with zero attached hydrogens (tertiary/aromatic N) is 1. The van der Waals surface area contributed by atoms with Crippen molar-refractivity contribution in [3.63, 3.8) is 0 Å². The van der Waals surface area contributed by atoms with Crippen LogP contribution in [0.5, 0.6) is 0 Å². The van der Waals surface area contributed by atoms with E-state index in [0.717, 1.165) is 21.0 Å². The predicted octanol–water partition coefficient (Wildman–Crippen LogP) is 3.24. The number of hydrogen-bond donors (Lipinski definition) is 1. The van der Waals surface area contributed by atoms with Crippen LogP contribution in [-0.4, -0.2) is 10.9 Å². The highest BCUT2D eigenvalue weighted by Gasteiger charge is 2.08. The van der Waals surface area contributed by atoms with Gasteiger partial charge >= 0.3 is 0 Å². The second-order valence-electron chi connectivity index (χ2n) is 3.51. The summed E-state index contributed by atoms with van der Waals surface area (Å²) in [6, 6.07) is 5.87. The van der Waals surface area contributed by atoms with Gasteiger partial charge in [0.25, 0.3) is 0 Å². The molecule has 1 N–H and O–H groups in total. The quantitative estimate of drug-likeness (QED) is 0.842. The summed E-state index contributed by atoms with van der Waals surface area (Å²) < 4.78 is 0. The highest BCUT2D eigenvalue weighted by atomic mass is 32.1. The van der Waals surface area contributed by atoms with Crippen LogP contribution in [0.3, 0.4) is 0 Å². The van der Waals surface area contributed by atoms with Crippen molar-refractivity contribution in [2.24, 2.45) is 0 Å². The first-order valence-electron chi connectivity index (χ1n) is 5.15. The Balaban J connectivity index is 2.31. The molecule has 0 spiro atoms. The van der Waals surface area contributed by atoms with Gasteiger partial charge in [-0.15, -0.1) is 11.3 Å². The van der Waals surface area contributed by atoms with Crippen molar-refractivity contribution in [3.8, 4) is 10.4 Å². The highest BCUT2D eigenvalue weighted by molar-refractivity contribution is 7.16. The van der Waals surface area contributed by atoms with Gasteiger partial charge in [-0.3, -0.25) is 9.78 Å². The fraction of sp³-hybridized carbons (Fsp3) is 0.0769. The van der Waals surface area contributed by atoms with E-state index in [0.29, 0.717) is 0 Å². The monoisotopic (exact) mass is 244 g/mol. The molecule has 0 fully saturated rings. The number of aromatic nitrogens is 1. The highest BCUT2D eigenvalue weighted by Crippen LogP contribution is 2.33. The second kappa shape index (κ2) is 4.93. The van der Waals surface area contributed by atoms with Gasteiger partial charge in [-0.2, -0.15) is 0 Å². The van der Waals surface area contributed by atoms with E-state index < -0.39 is 0 Å². The molecule has 2 rings (SSSR count). The molecule has 0 bridgehead atoms. The number of carbonyl (C=O) groups excluding carboxylic acids is 1. The molecule has 2 aromatic heterocycles. The SMILES string of the molecule is C=CC(=O)Nc1cc(-c2ccncc2)sc1C. The average molecular weight is 244 g/mol. The summed E-state index contributed by atoms with van der Waals surface area (Å²) in [5, 5.41) is 2.79. The smallest absolute Gasteiger partial charge is 0.247 e. The first kappa shape index (κ1) is 11.5. The molecular weight excluding hydrogens is 232 g/mol. The summed E-state index contributed by atoms with van der Waals surface area (Å²) in [6.45, 7) is 5.41. The lowest BCUT2D eigenvalue weighted by molar-refractivity contribution is -0.111. The van der Waals surface area contributed by atoms with Crippen LogP contribution in [0.15, 0.2) is 43.2 Å². The normalized spacial score (nSPS) is 9.94. The van der Waals surface area contributed by atoms with Crippen LogP contribution < -0.4 is 5.32 Å². The summed E-state index contributed by atoms with van der Waals surface area (Å²) in [4.78, 5) is 17.4. The van der Waals surface area contributed by atoms with Crippen molar-refractivity contribution in [1.29, 1.82) is 0 Å². The Morgan fingerprint density at radius 1 is 1.47 bits per heavy atom. The minimum atomic E-state index is -0.188. The van der Waals surface area contributed by atoms with Crippen molar-refractivity contribution in [2.45, 2.75) is 6.92 Å². The average Bonchev–Trinajstić information content (AvgIpc) is 2.72. The largest absolute Gasteiger partial charge is 0.321 e. The van der Waals surface area contributed by atoms with E-state index in [9.17, 15) is 4.79 Å². The van der Waals surface area contributed by atoms with Crippen LogP contribution in [0, 0.1) is 6.92 Å². The zero-order valence-corrected chi connectivity index (χ0v) is 10.3. The number of thiophene rings is 1. The Hall–Kier alpha value is -1.94. The summed E-state index contributed by atoms with van der Waals surface area (Å²) >= 11 is 1.64. The number of nitrogens with one attached hydrogen (secondary N) is 1. The number of hydrogen-bond acceptors (Lipinski definition) is 3. The van der Waals surface area contributed by atoms with E-state index in [1.54, 1.807) is 23.7 Å². The standard InChI is InChI=1S/C13H12N2OS/c1-3-13(16)15-11-8-12(17-9(11)2)10-4-6-14-7-5-10/h3-8H,1H2,2H3,(H,15,16). The molecule has 2 heterocycles. The van der Waals surface area contributed by atoms with Gasteiger partial charge in [0.2, 0.25) is 5.91 Å². The molecule has 17 heavy (non-hydrogen) atoms. The zero-order chi connectivity index (χ0) is 12.3. The van der Waals surface area contributed by atoms with E-state index >= 15 is 0 Å². The molecule has 86 valence electrons. The van der Waals surface area contributed by atoms with Gasteiger partial charge in [0.15, 0.2) is 0 Å². The molecule has 4 heteroatoms. The molecule has 3 nitrogen and oxygen atoms in total. The van der Waals surface area contributed by atoms with E-state index in [4.69, 9.17) is 0 Å². The van der Waals surface area contributed by atoms with E-state index in [1.165, 1.54) is 6.08 Å². The Kier molecular flexibility index (Phi) is 3.35. The predicted molar refractivity (Wildman–Crippen MR) is 71.1 cm³/mol. The van der Waals surface area contributed by atoms with Crippen molar-refractivity contribution in [3.05, 3.63) is 48.1 Å². The molecule has 0 radical (unpaired) electrons. The fourth-order valence-electron chi connectivity index (χ4n) is 1.45. The minimum absolute atomic E-state index is 0.188. The number of rotatable bonds is 3. The maximum absolute atomic E-state index is 11.2. The molecule has 2 aromatic rings. The van der Waals surface area contributed by atoms with Crippen molar-refractivity contribution < 1.29 is 4.79 Å². The summed E-state index contributed by atoms with van der Waals surface area (Å²) in [7, 11) is 0. The lowest BCUT2D eigenvalue weighted by Gasteiger charge is -1.98. The number of anilines is 1. The Morgan fingerprint density at radius 3 is 2.82 bits per heavy atom. The molecule has 0 aliphatic carbocycles. The lowest BCUT2D eigenvalue weighted by atomic mass is 10.2. The van der Waals surface area contributed by atoms with Crippen LogP contribution in [0.1, 0.15) is 4.88 Å². The maximum atomic E-state index is 11.2. The maximum Gasteiger partial charge on any atom is 0.247 e. The summed E-state index contributed by atoms with van der Waals surface area (Å²) in [5.41, 5.74) is 1.94. The van der Waals surface area contributed by atoms with E-state index in [2.05, 4.69) is 16.9 Å². The fourth-order valence-corrected chi connectivity index (χ4v) is 2.43. The third-order valence-corrected chi connectivity index (χ3v) is 3.43. The summed E-state index contributed by atoms with van der Waals surface area (Å²) in [5.74, 6) is -0.188. The van der Waals surface area contributed by atoms with Crippen LogP contribution in [0.2, 0.25) is 0 Å². The zero-order valence-electron chi connectivity index (χ0n) is 9.43. The topological polar surface area (TPSA) is 42.0 Å². The van der Waals surface area contributed by atoms with E-state index in [-0.39, 0.29) is 5.91 Å². The molecule has 0 saturated heterocycles. The molecule has 0 atom stereocenters. The van der Waals surface area contributed by atoms with E-state index in [1.807, 2.05) is 25.1 Å². The van der Waals surface area contributed by atoms with Crippen LogP contribution in [0.25, 0.3) is 10.4 Å². The lowest BCUT2D eigenvalue weighted by Crippen LogP contribution is -2.06. The molecular formula is C13H12N2OS. The van der Waals surface area contributed by atoms with Gasteiger partial charge in [0, 0.05) is 22.1 Å². The van der Waals surface area contributed by atoms with Crippen LogP contribution in [0.4, 0.5) is 5.69 Å². The number of aryl methyl sites for hydroxylation is 1. The Morgan fingerprint density at radius 2 is 2.18 bits per heavy atom. The van der Waals surface area contributed by atoms with Gasteiger partial charge in [-0.1, -0.05) is 6.58 Å². The molecule has 0 aromatic carbocycles. The number of pyridine rings is 1. The molecule has 0 saturated carbocycles. The molecule has 1 amide bonds. The van der Waals surface area contributed by atoms with Gasteiger partial charge < -0.3 is 5.32 Å².